The van der Waals surface area contributed by atoms with Gasteiger partial charge in [-0.3, -0.25) is 10.1 Å². The maximum Gasteiger partial charge on any atom is 0.252 e. The van der Waals surface area contributed by atoms with E-state index in [1.54, 1.807) is 13.2 Å². The highest BCUT2D eigenvalue weighted by Gasteiger charge is 2.20. The fraction of sp³-hybridized carbons (Fsp3) is 0.346. The Kier molecular flexibility index (Phi) is 6.54. The first-order chi connectivity index (χ1) is 16.2. The first-order valence-corrected chi connectivity index (χ1v) is 11.5. The van der Waals surface area contributed by atoms with Gasteiger partial charge in [-0.1, -0.05) is 0 Å². The highest BCUT2D eigenvalue weighted by Crippen LogP contribution is 2.34. The van der Waals surface area contributed by atoms with Crippen molar-refractivity contribution in [3.63, 3.8) is 0 Å². The highest BCUT2D eigenvalue weighted by atomic mass is 16.3. The molecule has 1 aromatic carbocycles. The predicted molar refractivity (Wildman–Crippen MR) is 136 cm³/mol. The van der Waals surface area contributed by atoms with Crippen molar-refractivity contribution < 1.29 is 5.11 Å². The molecular weight excluding hydrogens is 428 g/mol. The number of hydrogen-bond acceptors (Lipinski definition) is 6. The van der Waals surface area contributed by atoms with E-state index in [4.69, 9.17) is 0 Å². The molecule has 0 aliphatic carbocycles. The molecule has 0 spiro atoms. The van der Waals surface area contributed by atoms with Crippen molar-refractivity contribution in [2.45, 2.75) is 53.4 Å². The van der Waals surface area contributed by atoms with Crippen molar-refractivity contribution in [3.05, 3.63) is 75.0 Å². The average Bonchev–Trinajstić information content (AvgIpc) is 3.14. The zero-order valence-corrected chi connectivity index (χ0v) is 20.5. The molecule has 1 unspecified atom stereocenters. The minimum absolute atomic E-state index is 0.140. The second kappa shape index (κ2) is 9.40. The number of aliphatic hydroxyl groups is 1. The number of nitrogens with one attached hydrogen (secondary N) is 3. The Morgan fingerprint density at radius 2 is 1.91 bits per heavy atom. The Labute approximate surface area is 199 Å². The third kappa shape index (κ3) is 4.47. The number of aromatic nitrogens is 4. The summed E-state index contributed by atoms with van der Waals surface area (Å²) in [6, 6.07) is 8.11. The minimum Gasteiger partial charge on any atom is -0.374 e. The van der Waals surface area contributed by atoms with Crippen LogP contribution < -0.4 is 16.2 Å². The van der Waals surface area contributed by atoms with Crippen LogP contribution in [0, 0.1) is 20.8 Å². The lowest BCUT2D eigenvalue weighted by atomic mass is 9.99. The van der Waals surface area contributed by atoms with E-state index >= 15 is 0 Å². The van der Waals surface area contributed by atoms with Crippen molar-refractivity contribution in [1.29, 1.82) is 0 Å². The standard InChI is InChI=1S/C26H32N6O2/c1-14(2)32-13-16(4)23-19(24(33)29-12-20-15(3)9-17(5)30-25(20)34)10-18(11-22(23)32)21-7-8-28-26(27-6)31-21/h7-11,13-14,24,29,33H,12H2,1-6H3,(H,30,34)(H,27,28,31). The summed E-state index contributed by atoms with van der Waals surface area (Å²) in [4.78, 5) is 24.1. The Morgan fingerprint density at radius 3 is 2.59 bits per heavy atom. The molecule has 0 fully saturated rings. The molecule has 8 nitrogen and oxygen atoms in total. The lowest BCUT2D eigenvalue weighted by Crippen LogP contribution is -2.26. The van der Waals surface area contributed by atoms with Crippen LogP contribution in [-0.4, -0.2) is 31.7 Å². The Bertz CT molecular complexity index is 1400. The van der Waals surface area contributed by atoms with E-state index in [-0.39, 0.29) is 18.1 Å². The van der Waals surface area contributed by atoms with Gasteiger partial charge in [-0.15, -0.1) is 0 Å². The first-order valence-electron chi connectivity index (χ1n) is 11.5. The molecule has 4 aromatic rings. The monoisotopic (exact) mass is 460 g/mol. The van der Waals surface area contributed by atoms with Crippen molar-refractivity contribution >= 4 is 16.9 Å². The van der Waals surface area contributed by atoms with Crippen LogP contribution in [0.25, 0.3) is 22.2 Å². The van der Waals surface area contributed by atoms with Crippen LogP contribution in [0.4, 0.5) is 5.95 Å². The SMILES string of the molecule is CNc1nccc(-c2cc(C(O)NCc3c(C)cc(C)[nH]c3=O)c3c(C)cn(C(C)C)c3c2)n1. The smallest absolute Gasteiger partial charge is 0.252 e. The normalized spacial score (nSPS) is 12.5. The summed E-state index contributed by atoms with van der Waals surface area (Å²) in [5, 5.41) is 18.4. The summed E-state index contributed by atoms with van der Waals surface area (Å²) in [6.45, 7) is 10.3. The number of rotatable bonds is 7. The van der Waals surface area contributed by atoms with Gasteiger partial charge in [-0.05, 0) is 70.0 Å². The third-order valence-corrected chi connectivity index (χ3v) is 6.15. The number of anilines is 1. The summed E-state index contributed by atoms with van der Waals surface area (Å²) in [5.41, 5.74) is 6.67. The fourth-order valence-electron chi connectivity index (χ4n) is 4.47. The molecule has 34 heavy (non-hydrogen) atoms. The molecule has 8 heteroatoms. The van der Waals surface area contributed by atoms with Gasteiger partial charge in [0, 0.05) is 65.3 Å². The van der Waals surface area contributed by atoms with E-state index in [0.717, 1.165) is 44.5 Å². The largest absolute Gasteiger partial charge is 0.374 e. The molecule has 1 atom stereocenters. The van der Waals surface area contributed by atoms with Crippen molar-refractivity contribution in [2.75, 3.05) is 12.4 Å². The molecule has 0 amide bonds. The lowest BCUT2D eigenvalue weighted by molar-refractivity contribution is 0.138. The molecule has 0 aliphatic heterocycles. The van der Waals surface area contributed by atoms with Gasteiger partial charge in [0.15, 0.2) is 0 Å². The molecule has 3 aromatic heterocycles. The van der Waals surface area contributed by atoms with Gasteiger partial charge in [0.25, 0.3) is 5.56 Å². The van der Waals surface area contributed by atoms with Crippen LogP contribution >= 0.6 is 0 Å². The second-order valence-electron chi connectivity index (χ2n) is 9.01. The fourth-order valence-corrected chi connectivity index (χ4v) is 4.47. The number of aliphatic hydroxyl groups excluding tert-OH is 1. The van der Waals surface area contributed by atoms with Crippen LogP contribution in [0.5, 0.6) is 0 Å². The van der Waals surface area contributed by atoms with Gasteiger partial charge >= 0.3 is 0 Å². The molecule has 0 radical (unpaired) electrons. The van der Waals surface area contributed by atoms with Crippen molar-refractivity contribution in [3.8, 4) is 11.3 Å². The second-order valence-corrected chi connectivity index (χ2v) is 9.01. The maximum atomic E-state index is 12.5. The highest BCUT2D eigenvalue weighted by molar-refractivity contribution is 5.91. The Hall–Kier alpha value is -3.49. The van der Waals surface area contributed by atoms with Crippen molar-refractivity contribution in [1.82, 2.24) is 24.8 Å². The quantitative estimate of drug-likeness (QED) is 0.309. The molecule has 4 N–H and O–H groups in total. The summed E-state index contributed by atoms with van der Waals surface area (Å²) >= 11 is 0. The number of pyridine rings is 1. The van der Waals surface area contributed by atoms with Gasteiger partial charge in [0.1, 0.15) is 6.23 Å². The van der Waals surface area contributed by atoms with E-state index in [9.17, 15) is 9.90 Å². The van der Waals surface area contributed by atoms with Crippen LogP contribution in [0.2, 0.25) is 0 Å². The van der Waals surface area contributed by atoms with Gasteiger partial charge < -0.3 is 20.0 Å². The molecule has 0 saturated carbocycles. The summed E-state index contributed by atoms with van der Waals surface area (Å²) in [5.74, 6) is 0.530. The molecule has 0 bridgehead atoms. The molecule has 3 heterocycles. The molecule has 4 rings (SSSR count). The maximum absolute atomic E-state index is 12.5. The molecular formula is C26H32N6O2. The summed E-state index contributed by atoms with van der Waals surface area (Å²) in [6.07, 6.45) is 2.85. The number of aromatic amines is 1. The van der Waals surface area contributed by atoms with E-state index < -0.39 is 6.23 Å². The average molecular weight is 461 g/mol. The van der Waals surface area contributed by atoms with Crippen LogP contribution in [0.15, 0.2) is 41.5 Å². The topological polar surface area (TPSA) is 108 Å². The van der Waals surface area contributed by atoms with Gasteiger partial charge in [0.2, 0.25) is 5.95 Å². The van der Waals surface area contributed by atoms with E-state index in [1.165, 1.54) is 0 Å². The number of fused-ring (bicyclic) bond motifs is 1. The van der Waals surface area contributed by atoms with Gasteiger partial charge in [-0.2, -0.15) is 0 Å². The van der Waals surface area contributed by atoms with Gasteiger partial charge in [-0.25, -0.2) is 9.97 Å². The third-order valence-electron chi connectivity index (χ3n) is 6.15. The molecule has 0 saturated heterocycles. The van der Waals surface area contributed by atoms with E-state index in [0.29, 0.717) is 11.5 Å². The van der Waals surface area contributed by atoms with Crippen LogP contribution in [-0.2, 0) is 6.54 Å². The molecule has 0 aliphatic rings. The summed E-state index contributed by atoms with van der Waals surface area (Å²) < 4.78 is 2.21. The minimum atomic E-state index is -0.977. The van der Waals surface area contributed by atoms with E-state index in [1.807, 2.05) is 32.0 Å². The van der Waals surface area contributed by atoms with Gasteiger partial charge in [0.05, 0.1) is 5.69 Å². The molecule has 178 valence electrons. The lowest BCUT2D eigenvalue weighted by Gasteiger charge is -2.18. The van der Waals surface area contributed by atoms with Crippen LogP contribution in [0.3, 0.4) is 0 Å². The number of aryl methyl sites for hydroxylation is 3. The van der Waals surface area contributed by atoms with E-state index in [2.05, 4.69) is 63.2 Å². The Morgan fingerprint density at radius 1 is 1.15 bits per heavy atom. The summed E-state index contributed by atoms with van der Waals surface area (Å²) in [7, 11) is 1.78. The first kappa shape index (κ1) is 23.7. The number of hydrogen-bond donors (Lipinski definition) is 4. The number of H-pyrrole nitrogens is 1. The zero-order valence-electron chi connectivity index (χ0n) is 20.5. The number of benzene rings is 1. The Balaban J connectivity index is 1.81. The van der Waals surface area contributed by atoms with Crippen LogP contribution in [0.1, 0.15) is 54.1 Å². The predicted octanol–water partition coefficient (Wildman–Crippen LogP) is 4.12. The van der Waals surface area contributed by atoms with Crippen molar-refractivity contribution in [2.24, 2.45) is 0 Å². The zero-order chi connectivity index (χ0) is 24.6. The number of nitrogens with zero attached hydrogens (tertiary/aromatic N) is 3.